The normalized spacial score (nSPS) is 22.1. The van der Waals surface area contributed by atoms with E-state index in [2.05, 4.69) is 10.6 Å². The molecule has 2 N–H and O–H groups in total. The number of benzene rings is 1. The van der Waals surface area contributed by atoms with Gasteiger partial charge in [-0.15, -0.1) is 0 Å². The van der Waals surface area contributed by atoms with Crippen LogP contribution in [-0.4, -0.2) is 32.2 Å². The number of hydrogen-bond acceptors (Lipinski definition) is 4. The summed E-state index contributed by atoms with van der Waals surface area (Å²) in [5.41, 5.74) is 1.46. The van der Waals surface area contributed by atoms with Gasteiger partial charge >= 0.3 is 0 Å². The van der Waals surface area contributed by atoms with Crippen molar-refractivity contribution in [2.24, 2.45) is 5.41 Å². The van der Waals surface area contributed by atoms with E-state index in [1.165, 1.54) is 0 Å². The van der Waals surface area contributed by atoms with Crippen molar-refractivity contribution < 1.29 is 14.3 Å². The van der Waals surface area contributed by atoms with E-state index in [0.29, 0.717) is 13.2 Å². The van der Waals surface area contributed by atoms with Gasteiger partial charge in [-0.1, -0.05) is 19.1 Å². The maximum Gasteiger partial charge on any atom is 0.230 e. The number of rotatable bonds is 3. The van der Waals surface area contributed by atoms with Gasteiger partial charge in [-0.25, -0.2) is 0 Å². The van der Waals surface area contributed by atoms with E-state index in [0.717, 1.165) is 37.2 Å². The molecule has 114 valence electrons. The number of carbonyl (C=O) groups excluding carboxylic acids is 1. The standard InChI is InChI=1S/C16H22N2O3/c1-16(5-7-17-8-6-16)15(19)18-13-4-2-3-12(11-13)14-20-9-10-21-14/h2-4,11,14,17H,5-10H2,1H3,(H,18,19). The highest BCUT2D eigenvalue weighted by Crippen LogP contribution is 2.30. The maximum atomic E-state index is 12.5. The quantitative estimate of drug-likeness (QED) is 0.894. The molecule has 2 fully saturated rings. The van der Waals surface area contributed by atoms with Crippen molar-refractivity contribution in [1.82, 2.24) is 5.32 Å². The Morgan fingerprint density at radius 2 is 2.00 bits per heavy atom. The zero-order valence-corrected chi connectivity index (χ0v) is 12.4. The van der Waals surface area contributed by atoms with Crippen LogP contribution < -0.4 is 10.6 Å². The summed E-state index contributed by atoms with van der Waals surface area (Å²) in [5.74, 6) is 0.0920. The van der Waals surface area contributed by atoms with E-state index < -0.39 is 0 Å². The summed E-state index contributed by atoms with van der Waals surface area (Å²) in [5, 5.41) is 6.33. The van der Waals surface area contributed by atoms with Crippen molar-refractivity contribution in [2.45, 2.75) is 26.1 Å². The summed E-state index contributed by atoms with van der Waals surface area (Å²) in [6, 6.07) is 7.71. The summed E-state index contributed by atoms with van der Waals surface area (Å²) in [7, 11) is 0. The van der Waals surface area contributed by atoms with Crippen molar-refractivity contribution in [3.05, 3.63) is 29.8 Å². The Labute approximate surface area is 125 Å². The van der Waals surface area contributed by atoms with Gasteiger partial charge in [-0.05, 0) is 38.1 Å². The molecule has 0 radical (unpaired) electrons. The zero-order chi connectivity index (χ0) is 14.7. The highest BCUT2D eigenvalue weighted by atomic mass is 16.7. The molecule has 2 saturated heterocycles. The average molecular weight is 290 g/mol. The summed E-state index contributed by atoms with van der Waals surface area (Å²) in [4.78, 5) is 12.5. The van der Waals surface area contributed by atoms with E-state index in [1.54, 1.807) is 0 Å². The lowest BCUT2D eigenvalue weighted by molar-refractivity contribution is -0.126. The molecule has 3 rings (SSSR count). The lowest BCUT2D eigenvalue weighted by Crippen LogP contribution is -2.42. The minimum Gasteiger partial charge on any atom is -0.346 e. The summed E-state index contributed by atoms with van der Waals surface area (Å²) in [6.45, 7) is 5.07. The Hall–Kier alpha value is -1.43. The van der Waals surface area contributed by atoms with Crippen molar-refractivity contribution >= 4 is 11.6 Å². The number of ether oxygens (including phenoxy) is 2. The molecule has 0 saturated carbocycles. The van der Waals surface area contributed by atoms with Crippen molar-refractivity contribution in [2.75, 3.05) is 31.6 Å². The molecule has 21 heavy (non-hydrogen) atoms. The number of hydrogen-bond donors (Lipinski definition) is 2. The van der Waals surface area contributed by atoms with E-state index >= 15 is 0 Å². The summed E-state index contributed by atoms with van der Waals surface area (Å²) in [6.07, 6.45) is 1.43. The molecule has 0 bridgehead atoms. The molecular weight excluding hydrogens is 268 g/mol. The lowest BCUT2D eigenvalue weighted by atomic mass is 9.80. The van der Waals surface area contributed by atoms with Gasteiger partial charge in [0.2, 0.25) is 5.91 Å². The second-order valence-corrected chi connectivity index (χ2v) is 5.96. The van der Waals surface area contributed by atoms with Gasteiger partial charge in [-0.2, -0.15) is 0 Å². The molecule has 2 aliphatic heterocycles. The van der Waals surface area contributed by atoms with Crippen LogP contribution in [-0.2, 0) is 14.3 Å². The fourth-order valence-corrected chi connectivity index (χ4v) is 2.80. The molecular formula is C16H22N2O3. The zero-order valence-electron chi connectivity index (χ0n) is 12.4. The van der Waals surface area contributed by atoms with E-state index in [1.807, 2.05) is 31.2 Å². The van der Waals surface area contributed by atoms with Gasteiger partial charge in [-0.3, -0.25) is 4.79 Å². The maximum absolute atomic E-state index is 12.5. The van der Waals surface area contributed by atoms with Crippen LogP contribution in [0.4, 0.5) is 5.69 Å². The average Bonchev–Trinajstić information content (AvgIpc) is 3.02. The predicted octanol–water partition coefficient (Wildman–Crippen LogP) is 2.06. The number of carbonyl (C=O) groups is 1. The first kappa shape index (κ1) is 14.5. The summed E-state index contributed by atoms with van der Waals surface area (Å²) >= 11 is 0. The van der Waals surface area contributed by atoms with Gasteiger partial charge in [0, 0.05) is 16.7 Å². The Morgan fingerprint density at radius 1 is 1.29 bits per heavy atom. The molecule has 0 aromatic heterocycles. The number of nitrogens with one attached hydrogen (secondary N) is 2. The molecule has 1 amide bonds. The number of amides is 1. The Bertz CT molecular complexity index is 506. The first-order valence-electron chi connectivity index (χ1n) is 7.53. The molecule has 5 heteroatoms. The molecule has 1 aromatic carbocycles. The second kappa shape index (κ2) is 6.13. The van der Waals surface area contributed by atoms with Gasteiger partial charge < -0.3 is 20.1 Å². The Balaban J connectivity index is 1.69. The number of piperidine rings is 1. The van der Waals surface area contributed by atoms with Crippen molar-refractivity contribution in [1.29, 1.82) is 0 Å². The van der Waals surface area contributed by atoms with Crippen LogP contribution in [0.5, 0.6) is 0 Å². The highest BCUT2D eigenvalue weighted by Gasteiger charge is 2.34. The smallest absolute Gasteiger partial charge is 0.230 e. The third kappa shape index (κ3) is 3.26. The van der Waals surface area contributed by atoms with Crippen LogP contribution in [0.2, 0.25) is 0 Å². The van der Waals surface area contributed by atoms with Gasteiger partial charge in [0.05, 0.1) is 13.2 Å². The van der Waals surface area contributed by atoms with Crippen LogP contribution in [0.3, 0.4) is 0 Å². The first-order chi connectivity index (χ1) is 10.2. The first-order valence-corrected chi connectivity index (χ1v) is 7.53. The minimum absolute atomic E-state index is 0.0920. The fraction of sp³-hybridized carbons (Fsp3) is 0.562. The van der Waals surface area contributed by atoms with Crippen LogP contribution in [0.15, 0.2) is 24.3 Å². The van der Waals surface area contributed by atoms with Crippen LogP contribution in [0, 0.1) is 5.41 Å². The number of anilines is 1. The van der Waals surface area contributed by atoms with Gasteiger partial charge in [0.1, 0.15) is 0 Å². The van der Waals surface area contributed by atoms with E-state index in [9.17, 15) is 4.79 Å². The van der Waals surface area contributed by atoms with Gasteiger partial charge in [0.25, 0.3) is 0 Å². The molecule has 5 nitrogen and oxygen atoms in total. The van der Waals surface area contributed by atoms with E-state index in [-0.39, 0.29) is 17.6 Å². The van der Waals surface area contributed by atoms with Crippen molar-refractivity contribution in [3.8, 4) is 0 Å². The molecule has 0 spiro atoms. The van der Waals surface area contributed by atoms with Crippen molar-refractivity contribution in [3.63, 3.8) is 0 Å². The Kier molecular flexibility index (Phi) is 4.24. The fourth-order valence-electron chi connectivity index (χ4n) is 2.80. The molecule has 1 aromatic rings. The largest absolute Gasteiger partial charge is 0.346 e. The Morgan fingerprint density at radius 3 is 2.71 bits per heavy atom. The monoisotopic (exact) mass is 290 g/mol. The third-order valence-corrected chi connectivity index (χ3v) is 4.29. The molecule has 2 aliphatic rings. The van der Waals surface area contributed by atoms with Gasteiger partial charge in [0.15, 0.2) is 6.29 Å². The molecule has 0 unspecified atom stereocenters. The minimum atomic E-state index is -0.309. The highest BCUT2D eigenvalue weighted by molar-refractivity contribution is 5.95. The predicted molar refractivity (Wildman–Crippen MR) is 79.9 cm³/mol. The topological polar surface area (TPSA) is 59.6 Å². The molecule has 2 heterocycles. The van der Waals surface area contributed by atoms with Crippen LogP contribution >= 0.6 is 0 Å². The SMILES string of the molecule is CC1(C(=O)Nc2cccc(C3OCCO3)c2)CCNCC1. The third-order valence-electron chi connectivity index (χ3n) is 4.29. The summed E-state index contributed by atoms with van der Waals surface area (Å²) < 4.78 is 11.0. The van der Waals surface area contributed by atoms with Crippen LogP contribution in [0.1, 0.15) is 31.6 Å². The van der Waals surface area contributed by atoms with Crippen LogP contribution in [0.25, 0.3) is 0 Å². The second-order valence-electron chi connectivity index (χ2n) is 5.96. The molecule has 0 aliphatic carbocycles. The lowest BCUT2D eigenvalue weighted by Gasteiger charge is -2.32. The molecule has 0 atom stereocenters. The van der Waals surface area contributed by atoms with E-state index in [4.69, 9.17) is 9.47 Å².